The van der Waals surface area contributed by atoms with E-state index in [2.05, 4.69) is 12.6 Å². The van der Waals surface area contributed by atoms with Crippen molar-refractivity contribution in [3.63, 3.8) is 0 Å². The van der Waals surface area contributed by atoms with E-state index in [1.165, 1.54) is 0 Å². The Morgan fingerprint density at radius 2 is 1.58 bits per heavy atom. The second kappa shape index (κ2) is 7.95. The average molecular weight is 195 g/mol. The van der Waals surface area contributed by atoms with E-state index in [0.29, 0.717) is 5.56 Å². The highest BCUT2D eigenvalue weighted by Gasteiger charge is 1.91. The van der Waals surface area contributed by atoms with Crippen molar-refractivity contribution in [1.29, 1.82) is 5.26 Å². The fraction of sp³-hybridized carbons (Fsp3) is 0. The molecule has 68 valence electrons. The van der Waals surface area contributed by atoms with Gasteiger partial charge in [0.2, 0.25) is 0 Å². The van der Waals surface area contributed by atoms with Crippen molar-refractivity contribution < 1.29 is 14.1 Å². The Balaban J connectivity index is -0.000000270. The number of halogens is 3. The highest BCUT2D eigenvalue weighted by Crippen LogP contribution is 2.10. The van der Waals surface area contributed by atoms with Crippen LogP contribution in [0, 0.1) is 11.3 Å². The average Bonchev–Trinajstić information content (AvgIpc) is 1.89. The van der Waals surface area contributed by atoms with Crippen LogP contribution in [0.3, 0.4) is 0 Å². The largest absolute Gasteiger partial charge is 0.269 e. The summed E-state index contributed by atoms with van der Waals surface area (Å²) in [7, 11) is 0. The molecule has 0 aliphatic rings. The molecule has 0 fully saturated rings. The Kier molecular flexibility index (Phi) is 11.3. The number of hydrogen-bond donors (Lipinski definition) is 1. The summed E-state index contributed by atoms with van der Waals surface area (Å²) in [5.74, 6) is 0. The van der Waals surface area contributed by atoms with Crippen molar-refractivity contribution in [2.75, 3.05) is 0 Å². The Bertz CT molecular complexity index is 259. The summed E-state index contributed by atoms with van der Waals surface area (Å²) in [4.78, 5) is 0.736. The smallest absolute Gasteiger partial charge is 0.100 e. The zero-order valence-electron chi connectivity index (χ0n) is 5.93. The molecule has 1 aromatic carbocycles. The summed E-state index contributed by atoms with van der Waals surface area (Å²) in [5.41, 5.74) is 0.626. The summed E-state index contributed by atoms with van der Waals surface area (Å²) in [6.07, 6.45) is 0. The van der Waals surface area contributed by atoms with Crippen LogP contribution in [0.1, 0.15) is 5.56 Å². The van der Waals surface area contributed by atoms with E-state index in [0.717, 1.165) is 4.90 Å². The first-order chi connectivity index (χ1) is 4.34. The molecule has 12 heavy (non-hydrogen) atoms. The van der Waals surface area contributed by atoms with Crippen molar-refractivity contribution in [1.82, 2.24) is 0 Å². The van der Waals surface area contributed by atoms with Crippen LogP contribution < -0.4 is 0 Å². The Morgan fingerprint density at radius 3 is 1.92 bits per heavy atom. The van der Waals surface area contributed by atoms with Gasteiger partial charge < -0.3 is 0 Å². The lowest BCUT2D eigenvalue weighted by molar-refractivity contribution is 1.11. The third-order valence-electron chi connectivity index (χ3n) is 1.02. The maximum absolute atomic E-state index is 8.42. The Labute approximate surface area is 73.5 Å². The van der Waals surface area contributed by atoms with Crippen LogP contribution in [0.15, 0.2) is 29.2 Å². The quantitative estimate of drug-likeness (QED) is 0.631. The lowest BCUT2D eigenvalue weighted by Gasteiger charge is -1.89. The molecule has 0 amide bonds. The summed E-state index contributed by atoms with van der Waals surface area (Å²) in [6, 6.07) is 9.22. The second-order valence-corrected chi connectivity index (χ2v) is 2.11. The van der Waals surface area contributed by atoms with E-state index in [1.54, 1.807) is 12.1 Å². The molecule has 0 unspecified atom stereocenters. The van der Waals surface area contributed by atoms with Crippen molar-refractivity contribution in [3.8, 4) is 6.07 Å². The van der Waals surface area contributed by atoms with Gasteiger partial charge in [0.1, 0.15) is 6.07 Å². The van der Waals surface area contributed by atoms with Crippen molar-refractivity contribution in [2.24, 2.45) is 0 Å². The van der Waals surface area contributed by atoms with Gasteiger partial charge in [-0.15, -0.1) is 12.6 Å². The molecular weight excluding hydrogens is 187 g/mol. The molecule has 0 aromatic heterocycles. The van der Waals surface area contributed by atoms with Crippen LogP contribution in [0.2, 0.25) is 0 Å². The Morgan fingerprint density at radius 1 is 1.08 bits per heavy atom. The minimum atomic E-state index is 0. The first-order valence-corrected chi connectivity index (χ1v) is 2.97. The molecule has 1 nitrogen and oxygen atoms in total. The summed E-state index contributed by atoms with van der Waals surface area (Å²) >= 11 is 4.06. The van der Waals surface area contributed by atoms with Gasteiger partial charge in [0, 0.05) is 4.90 Å². The Hall–Kier alpha value is -1.15. The minimum Gasteiger partial charge on any atom is -0.269 e. The highest BCUT2D eigenvalue weighted by molar-refractivity contribution is 7.80. The molecule has 0 aliphatic heterocycles. The number of rotatable bonds is 0. The van der Waals surface area contributed by atoms with E-state index in [9.17, 15) is 0 Å². The molecule has 5 heteroatoms. The number of nitrogens with zero attached hydrogens (tertiary/aromatic N) is 1. The molecule has 0 aliphatic carbocycles. The van der Waals surface area contributed by atoms with Crippen molar-refractivity contribution in [3.05, 3.63) is 29.8 Å². The third kappa shape index (κ3) is 3.88. The number of nitriles is 1. The van der Waals surface area contributed by atoms with E-state index in [-0.39, 0.29) is 14.1 Å². The summed E-state index contributed by atoms with van der Waals surface area (Å²) in [6.45, 7) is 0. The van der Waals surface area contributed by atoms with Gasteiger partial charge >= 0.3 is 0 Å². The molecule has 0 spiro atoms. The van der Waals surface area contributed by atoms with Gasteiger partial charge in [-0.05, 0) is 12.1 Å². The third-order valence-corrected chi connectivity index (χ3v) is 1.41. The first-order valence-electron chi connectivity index (χ1n) is 2.52. The first kappa shape index (κ1) is 17.1. The maximum atomic E-state index is 8.42. The van der Waals surface area contributed by atoms with Gasteiger partial charge in [-0.2, -0.15) is 5.26 Å². The number of thiol groups is 1. The number of benzene rings is 1. The zero-order valence-corrected chi connectivity index (χ0v) is 6.82. The number of hydrogen-bond acceptors (Lipinski definition) is 2. The maximum Gasteiger partial charge on any atom is 0.100 e. The molecule has 0 saturated carbocycles. The molecule has 1 aromatic rings. The van der Waals surface area contributed by atoms with Gasteiger partial charge in [0.15, 0.2) is 0 Å². The molecule has 1 rings (SSSR count). The van der Waals surface area contributed by atoms with Gasteiger partial charge in [-0.3, -0.25) is 14.1 Å². The van der Waals surface area contributed by atoms with Gasteiger partial charge in [0.05, 0.1) is 5.56 Å². The summed E-state index contributed by atoms with van der Waals surface area (Å²) < 4.78 is 0. The van der Waals surface area contributed by atoms with Crippen LogP contribution in [0.5, 0.6) is 0 Å². The SMILES string of the molecule is F.F.F.N#Cc1ccccc1S. The summed E-state index contributed by atoms with van der Waals surface area (Å²) in [5, 5.41) is 8.42. The predicted molar refractivity (Wildman–Crippen MR) is 45.9 cm³/mol. The van der Waals surface area contributed by atoms with Gasteiger partial charge in [-0.1, -0.05) is 12.1 Å². The van der Waals surface area contributed by atoms with Crippen LogP contribution >= 0.6 is 12.6 Å². The standard InChI is InChI=1S/C7H5NS.3FH/c8-5-6-3-1-2-4-7(6)9;;;/h1-4,9H;3*1H. The monoisotopic (exact) mass is 195 g/mol. The predicted octanol–water partition coefficient (Wildman–Crippen LogP) is 2.30. The normalized spacial score (nSPS) is 6.33. The van der Waals surface area contributed by atoms with Crippen molar-refractivity contribution >= 4 is 12.6 Å². The zero-order chi connectivity index (χ0) is 6.69. The van der Waals surface area contributed by atoms with Crippen molar-refractivity contribution in [2.45, 2.75) is 4.90 Å². The lowest BCUT2D eigenvalue weighted by atomic mass is 10.2. The highest BCUT2D eigenvalue weighted by atomic mass is 32.1. The second-order valence-electron chi connectivity index (χ2n) is 1.63. The fourth-order valence-electron chi connectivity index (χ4n) is 0.568. The lowest BCUT2D eigenvalue weighted by Crippen LogP contribution is -1.73. The molecular formula is C7H8F3NS. The fourth-order valence-corrected chi connectivity index (χ4v) is 0.779. The van der Waals surface area contributed by atoms with E-state index < -0.39 is 0 Å². The van der Waals surface area contributed by atoms with Gasteiger partial charge in [-0.25, -0.2) is 0 Å². The minimum absolute atomic E-state index is 0. The molecule has 0 N–H and O–H groups in total. The van der Waals surface area contributed by atoms with Crippen LogP contribution in [-0.4, -0.2) is 0 Å². The topological polar surface area (TPSA) is 23.8 Å². The molecule has 0 atom stereocenters. The molecule has 0 heterocycles. The van der Waals surface area contributed by atoms with Crippen LogP contribution in [-0.2, 0) is 0 Å². The van der Waals surface area contributed by atoms with E-state index in [4.69, 9.17) is 5.26 Å². The van der Waals surface area contributed by atoms with Gasteiger partial charge in [0.25, 0.3) is 0 Å². The molecule has 0 saturated heterocycles. The molecule has 0 bridgehead atoms. The van der Waals surface area contributed by atoms with Crippen LogP contribution in [0.4, 0.5) is 14.1 Å². The van der Waals surface area contributed by atoms with E-state index in [1.807, 2.05) is 18.2 Å². The van der Waals surface area contributed by atoms with Crippen LogP contribution in [0.25, 0.3) is 0 Å². The molecule has 0 radical (unpaired) electrons. The van der Waals surface area contributed by atoms with E-state index >= 15 is 0 Å².